The van der Waals surface area contributed by atoms with Gasteiger partial charge >= 0.3 is 0 Å². The van der Waals surface area contributed by atoms with Crippen LogP contribution in [0.15, 0.2) is 485 Å². The van der Waals surface area contributed by atoms with Gasteiger partial charge < -0.3 is 27.4 Å². The van der Waals surface area contributed by atoms with E-state index in [2.05, 4.69) is 513 Å². The van der Waals surface area contributed by atoms with Gasteiger partial charge in [0.25, 0.3) is 0 Å². The number of benzene rings is 22. The van der Waals surface area contributed by atoms with Crippen LogP contribution in [0.25, 0.3) is 247 Å². The molecule has 0 N–H and O–H groups in total. The number of fused-ring (bicyclic) bond motifs is 16. The molecule has 6 heteroatoms. The Hall–Kier alpha value is -17.8. The van der Waals surface area contributed by atoms with Crippen LogP contribution < -0.4 is 4.90 Å². The number of nitrogens with zero attached hydrogens (tertiary/aromatic N) is 6. The van der Waals surface area contributed by atoms with Gasteiger partial charge in [-0.1, -0.05) is 352 Å². The monoisotopic (exact) mass is 1700 g/mol. The lowest BCUT2D eigenvalue weighted by Crippen LogP contribution is -2.10. The minimum atomic E-state index is 1.11. The van der Waals surface area contributed by atoms with E-state index in [1.807, 2.05) is 0 Å². The Morgan fingerprint density at radius 3 is 1.05 bits per heavy atom. The lowest BCUT2D eigenvalue weighted by atomic mass is 9.93. The maximum absolute atomic E-state index is 2.50. The van der Waals surface area contributed by atoms with Crippen LogP contribution in [0.4, 0.5) is 17.1 Å². The number of aromatic nitrogens is 5. The average molecular weight is 1700 g/mol. The highest BCUT2D eigenvalue weighted by Crippen LogP contribution is 2.53. The zero-order valence-corrected chi connectivity index (χ0v) is 72.9. The van der Waals surface area contributed by atoms with E-state index >= 15 is 0 Å². The van der Waals surface area contributed by atoms with Crippen LogP contribution in [-0.4, -0.2) is 22.5 Å². The predicted molar refractivity (Wildman–Crippen MR) is 568 cm³/mol. The lowest BCUT2D eigenvalue weighted by Gasteiger charge is -2.26. The summed E-state index contributed by atoms with van der Waals surface area (Å²) < 4.78 is 12.4. The van der Waals surface area contributed by atoms with E-state index in [1.54, 1.807) is 0 Å². The molecule has 0 atom stereocenters. The fourth-order valence-electron chi connectivity index (χ4n) is 23.0. The van der Waals surface area contributed by atoms with E-state index in [1.165, 1.54) is 241 Å². The van der Waals surface area contributed by atoms with Crippen molar-refractivity contribution in [1.82, 2.24) is 22.5 Å². The molecule has 0 amide bonds. The molecule has 0 spiro atoms. The van der Waals surface area contributed by atoms with Gasteiger partial charge in [-0.15, -0.1) is 0 Å². The molecule has 1 aliphatic carbocycles. The van der Waals surface area contributed by atoms with Crippen molar-refractivity contribution in [1.29, 1.82) is 0 Å². The first kappa shape index (κ1) is 75.2. The molecule has 0 radical (unpaired) electrons. The second-order valence-electron chi connectivity index (χ2n) is 35.7. The third kappa shape index (κ3) is 11.3. The van der Waals surface area contributed by atoms with Crippen LogP contribution in [0.2, 0.25) is 0 Å². The summed E-state index contributed by atoms with van der Waals surface area (Å²) in [5, 5.41) is 23.2. The highest BCUT2D eigenvalue weighted by atomic mass is 15.1. The van der Waals surface area contributed by atoms with Crippen molar-refractivity contribution in [2.45, 2.75) is 0 Å². The highest BCUT2D eigenvalue weighted by molar-refractivity contribution is 6.36. The zero-order chi connectivity index (χ0) is 87.7. The van der Waals surface area contributed by atoms with E-state index in [4.69, 9.17) is 0 Å². The molecule has 622 valence electrons. The van der Waals surface area contributed by atoms with Gasteiger partial charge in [-0.05, 0) is 233 Å². The van der Waals surface area contributed by atoms with Gasteiger partial charge in [-0.3, -0.25) is 0 Å². The molecule has 30 rings (SSSR count). The molecular weight excluding hydrogens is 1620 g/mol. The summed E-state index contributed by atoms with van der Waals surface area (Å²) in [5.41, 5.74) is 36.7. The predicted octanol–water partition coefficient (Wildman–Crippen LogP) is 34.7. The Bertz CT molecular complexity index is 9780. The minimum absolute atomic E-state index is 1.11. The first-order valence-corrected chi connectivity index (χ1v) is 46.3. The summed E-state index contributed by atoms with van der Waals surface area (Å²) in [4.78, 5) is 2.36. The standard InChI is InChI=1S/C44H28N2.2C42H26N2/c1-2-14-32(15-3-1)45(35-25-23-29-11-4-5-12-31(29)27-35)33-16-9-17-34(28-33)46-40-22-10-21-39-37-19-7-6-18-36(37)38-20-8-13-30-24-26-41(46)44(42(30)38)43(39)40;1-3-12-27(13-4-1)29-24-30(28-14-5-2-6-15-28)26-31(25-29)43-38-21-11-18-34-32-16-7-9-19-36(32)44-37-20-10-8-17-33(37)35-22-23-39(43)41(40(34)38)42(35)44;1-2-12-27(13-3-1)30-16-4-5-17-31(30)28-14-10-15-29(26-28)43-38-23-11-20-34-32-18-6-8-21-36(32)44-37-22-9-7-19-33(37)35-24-25-39(43)41(40(34)38)42(35)44/h1-28H;2*1-26H. The second-order valence-corrected chi connectivity index (χ2v) is 35.7. The van der Waals surface area contributed by atoms with Crippen LogP contribution in [0, 0.1) is 0 Å². The molecule has 7 aromatic heterocycles. The van der Waals surface area contributed by atoms with Crippen molar-refractivity contribution in [3.8, 4) is 83.8 Å². The number of anilines is 3. The molecule has 0 bridgehead atoms. The van der Waals surface area contributed by atoms with Crippen LogP contribution in [0.5, 0.6) is 0 Å². The van der Waals surface area contributed by atoms with Gasteiger partial charge in [0.2, 0.25) is 0 Å². The average Bonchev–Trinajstić information content (AvgIpc) is 1.52. The summed E-state index contributed by atoms with van der Waals surface area (Å²) in [6, 6.07) is 177. The van der Waals surface area contributed by atoms with Crippen molar-refractivity contribution >= 4 is 180 Å². The van der Waals surface area contributed by atoms with E-state index in [-0.39, 0.29) is 0 Å². The van der Waals surface area contributed by atoms with Gasteiger partial charge in [0.05, 0.1) is 66.2 Å². The van der Waals surface area contributed by atoms with Crippen molar-refractivity contribution < 1.29 is 0 Å². The smallest absolute Gasteiger partial charge is 0.0641 e. The highest BCUT2D eigenvalue weighted by Gasteiger charge is 2.30. The Morgan fingerprint density at radius 2 is 0.485 bits per heavy atom. The summed E-state index contributed by atoms with van der Waals surface area (Å²) in [6.07, 6.45) is 0. The van der Waals surface area contributed by atoms with Gasteiger partial charge in [0.15, 0.2) is 0 Å². The molecule has 22 aromatic carbocycles. The first-order chi connectivity index (χ1) is 66.5. The fourth-order valence-corrected chi connectivity index (χ4v) is 23.0. The topological polar surface area (TPSA) is 26.9 Å². The van der Waals surface area contributed by atoms with Crippen LogP contribution in [-0.2, 0) is 0 Å². The summed E-state index contributed by atoms with van der Waals surface area (Å²) in [5.74, 6) is 0. The number of hydrogen-bond donors (Lipinski definition) is 0. The molecule has 0 aliphatic heterocycles. The summed E-state index contributed by atoms with van der Waals surface area (Å²) >= 11 is 0. The maximum Gasteiger partial charge on any atom is 0.0641 e. The Balaban J connectivity index is 0.000000100. The number of rotatable bonds is 10. The largest absolute Gasteiger partial charge is 0.310 e. The van der Waals surface area contributed by atoms with Crippen molar-refractivity contribution in [3.63, 3.8) is 0 Å². The van der Waals surface area contributed by atoms with E-state index in [0.717, 1.165) is 22.7 Å². The third-order valence-electron chi connectivity index (χ3n) is 28.5. The van der Waals surface area contributed by atoms with Gasteiger partial charge in [0.1, 0.15) is 0 Å². The molecule has 6 nitrogen and oxygen atoms in total. The zero-order valence-electron chi connectivity index (χ0n) is 72.9. The molecule has 1 aliphatic rings. The van der Waals surface area contributed by atoms with Crippen LogP contribution >= 0.6 is 0 Å². The third-order valence-corrected chi connectivity index (χ3v) is 28.5. The second kappa shape index (κ2) is 29.9. The van der Waals surface area contributed by atoms with Gasteiger partial charge in [-0.2, -0.15) is 0 Å². The quantitative estimate of drug-likeness (QED) is 0.134. The molecule has 0 saturated heterocycles. The normalized spacial score (nSPS) is 12.0. The lowest BCUT2D eigenvalue weighted by molar-refractivity contribution is 1.17. The summed E-state index contributed by atoms with van der Waals surface area (Å²) in [7, 11) is 0. The van der Waals surface area contributed by atoms with Crippen molar-refractivity contribution in [3.05, 3.63) is 485 Å². The molecule has 7 heterocycles. The molecule has 0 fully saturated rings. The maximum atomic E-state index is 2.50. The fraction of sp³-hybridized carbons (Fsp3) is 0. The van der Waals surface area contributed by atoms with Gasteiger partial charge in [0, 0.05) is 98.8 Å². The van der Waals surface area contributed by atoms with E-state index < -0.39 is 0 Å². The number of para-hydroxylation sites is 5. The minimum Gasteiger partial charge on any atom is -0.310 e. The molecule has 0 unspecified atom stereocenters. The molecular formula is C128H80N6. The van der Waals surface area contributed by atoms with Crippen LogP contribution in [0.3, 0.4) is 0 Å². The Labute approximate surface area is 771 Å². The first-order valence-electron chi connectivity index (χ1n) is 46.3. The molecule has 29 aromatic rings. The molecule has 0 saturated carbocycles. The van der Waals surface area contributed by atoms with Crippen LogP contribution in [0.1, 0.15) is 0 Å². The van der Waals surface area contributed by atoms with Crippen molar-refractivity contribution in [2.75, 3.05) is 4.90 Å². The van der Waals surface area contributed by atoms with Crippen molar-refractivity contribution in [2.24, 2.45) is 0 Å². The summed E-state index contributed by atoms with van der Waals surface area (Å²) in [6.45, 7) is 0. The Kier molecular flexibility index (Phi) is 16.8. The molecule has 134 heavy (non-hydrogen) atoms. The van der Waals surface area contributed by atoms with E-state index in [0.29, 0.717) is 0 Å². The number of hydrogen-bond acceptors (Lipinski definition) is 1. The Morgan fingerprint density at radius 1 is 0.142 bits per heavy atom. The van der Waals surface area contributed by atoms with E-state index in [9.17, 15) is 0 Å². The SMILES string of the molecule is c1ccc(-c2cc(-c3ccccc3)cc(-n3c4cccc5c6ccccc6n6c7ccccc7c7ccc3c(c54)c76)c2)cc1.c1ccc(-c2ccccc2-c2cccc(-n3c4cccc5c6ccccc6n6c7ccccc7c7ccc3c(c54)c76)c2)cc1.c1ccc(N(c2cccc(-n3c4cccc5c4c4c6c(cccc6ccc43)-c3ccccc3-5)c2)c2ccc3ccccc3c2)cc1. The van der Waals surface area contributed by atoms with Gasteiger partial charge in [-0.25, -0.2) is 0 Å².